The zero-order valence-electron chi connectivity index (χ0n) is 8.53. The van der Waals surface area contributed by atoms with Crippen molar-refractivity contribution in [2.24, 2.45) is 0 Å². The van der Waals surface area contributed by atoms with Crippen molar-refractivity contribution in [3.05, 3.63) is 0 Å². The molecule has 0 aromatic rings. The van der Waals surface area contributed by atoms with Crippen molar-refractivity contribution >= 4 is 14.3 Å². The molecule has 68 valence electrons. The fourth-order valence-electron chi connectivity index (χ4n) is 1.74. The molecule has 1 heteroatoms. The third-order valence-electron chi connectivity index (χ3n) is 2.36. The molecule has 0 N–H and O–H groups in total. The van der Waals surface area contributed by atoms with E-state index in [4.69, 9.17) is 0 Å². The normalized spacial score (nSPS) is 10.9. The summed E-state index contributed by atoms with van der Waals surface area (Å²) >= 11 is -0.701. The number of rotatable bonds is 7. The fraction of sp³-hybridized carbons (Fsp3) is 1.00. The second-order valence-electron chi connectivity index (χ2n) is 3.59. The summed E-state index contributed by atoms with van der Waals surface area (Å²) in [5, 5.41) is 4.94. The first-order valence-corrected chi connectivity index (χ1v) is 10.5. The van der Waals surface area contributed by atoms with Crippen LogP contribution in [0.4, 0.5) is 0 Å². The van der Waals surface area contributed by atoms with E-state index in [1.807, 2.05) is 0 Å². The Morgan fingerprint density at radius 2 is 1.27 bits per heavy atom. The topological polar surface area (TPSA) is 0 Å². The third kappa shape index (κ3) is 6.92. The number of unbranched alkanes of at least 4 members (excludes halogenated alkanes) is 1. The summed E-state index contributed by atoms with van der Waals surface area (Å²) in [5.41, 5.74) is 0. The van der Waals surface area contributed by atoms with E-state index >= 15 is 0 Å². The maximum atomic E-state index is 2.35. The van der Waals surface area contributed by atoms with Gasteiger partial charge in [0.05, 0.1) is 0 Å². The molecule has 0 amide bonds. The Kier molecular flexibility index (Phi) is 9.06. The van der Waals surface area contributed by atoms with Gasteiger partial charge in [0.25, 0.3) is 0 Å². The molecule has 0 fully saturated rings. The van der Waals surface area contributed by atoms with Gasteiger partial charge in [-0.25, -0.2) is 0 Å². The molecule has 0 unspecified atom stereocenters. The van der Waals surface area contributed by atoms with Crippen molar-refractivity contribution in [2.45, 2.75) is 62.2 Å². The van der Waals surface area contributed by atoms with E-state index in [9.17, 15) is 0 Å². The van der Waals surface area contributed by atoms with Crippen molar-refractivity contribution in [3.8, 4) is 0 Å². The minimum absolute atomic E-state index is 0.701. The molecular weight excluding hydrogens is 193 g/mol. The van der Waals surface area contributed by atoms with Crippen LogP contribution in [0.1, 0.15) is 46.5 Å². The van der Waals surface area contributed by atoms with Gasteiger partial charge in [0.2, 0.25) is 0 Å². The van der Waals surface area contributed by atoms with Gasteiger partial charge < -0.3 is 0 Å². The third-order valence-corrected chi connectivity index (χ3v) is 10.8. The van der Waals surface area contributed by atoms with Crippen molar-refractivity contribution in [3.63, 3.8) is 0 Å². The van der Waals surface area contributed by atoms with E-state index in [2.05, 4.69) is 20.8 Å². The molecule has 0 atom stereocenters. The Bertz CT molecular complexity index is 65.3. The molecular formula is C10H24Ge. The van der Waals surface area contributed by atoms with Gasteiger partial charge in [0.15, 0.2) is 0 Å². The van der Waals surface area contributed by atoms with Gasteiger partial charge in [-0.15, -0.1) is 0 Å². The first kappa shape index (κ1) is 11.5. The van der Waals surface area contributed by atoms with Crippen LogP contribution in [0, 0.1) is 0 Å². The molecule has 0 radical (unpaired) electrons. The SMILES string of the molecule is CCC[CH2][GeH]([CH2]CC)[CH2]CC. The number of hydrogen-bond acceptors (Lipinski definition) is 0. The summed E-state index contributed by atoms with van der Waals surface area (Å²) < 4.78 is 0. The van der Waals surface area contributed by atoms with E-state index in [-0.39, 0.29) is 0 Å². The summed E-state index contributed by atoms with van der Waals surface area (Å²) in [4.78, 5) is 0. The minimum atomic E-state index is -0.701. The Morgan fingerprint density at radius 3 is 1.64 bits per heavy atom. The Balaban J connectivity index is 3.34. The van der Waals surface area contributed by atoms with Crippen LogP contribution in [0.15, 0.2) is 0 Å². The molecule has 0 nitrogen and oxygen atoms in total. The van der Waals surface area contributed by atoms with Crippen molar-refractivity contribution in [1.82, 2.24) is 0 Å². The Hall–Kier alpha value is 0.543. The standard InChI is InChI=1S/C10H24Ge/c1-4-7-10-11(8-5-2)9-6-3/h11H,4-10H2,1-3H3. The summed E-state index contributed by atoms with van der Waals surface area (Å²) in [7, 11) is 0. The van der Waals surface area contributed by atoms with Crippen LogP contribution in [0.3, 0.4) is 0 Å². The van der Waals surface area contributed by atoms with Gasteiger partial charge >= 0.3 is 76.6 Å². The summed E-state index contributed by atoms with van der Waals surface area (Å²) in [6, 6.07) is 0. The molecule has 0 saturated heterocycles. The quantitative estimate of drug-likeness (QED) is 0.568. The molecule has 0 aromatic carbocycles. The summed E-state index contributed by atoms with van der Waals surface area (Å²) in [5.74, 6) is 0. The average molecular weight is 217 g/mol. The van der Waals surface area contributed by atoms with Gasteiger partial charge in [-0.3, -0.25) is 0 Å². The molecule has 11 heavy (non-hydrogen) atoms. The number of hydrogen-bond donors (Lipinski definition) is 0. The predicted octanol–water partition coefficient (Wildman–Crippen LogP) is 3.83. The summed E-state index contributed by atoms with van der Waals surface area (Å²) in [6.07, 6.45) is 5.84. The van der Waals surface area contributed by atoms with E-state index in [1.54, 1.807) is 15.8 Å². The van der Waals surface area contributed by atoms with Crippen LogP contribution >= 0.6 is 0 Å². The van der Waals surface area contributed by atoms with Crippen molar-refractivity contribution in [2.75, 3.05) is 0 Å². The van der Waals surface area contributed by atoms with Gasteiger partial charge in [-0.05, 0) is 0 Å². The molecule has 0 spiro atoms. The van der Waals surface area contributed by atoms with Crippen molar-refractivity contribution in [1.29, 1.82) is 0 Å². The first-order valence-electron chi connectivity index (χ1n) is 5.35. The van der Waals surface area contributed by atoms with Crippen LogP contribution in [-0.2, 0) is 0 Å². The molecule has 0 bridgehead atoms. The Morgan fingerprint density at radius 1 is 0.727 bits per heavy atom. The average Bonchev–Trinajstić information content (AvgIpc) is 2.01. The molecule has 0 aliphatic carbocycles. The molecule has 0 aliphatic rings. The zero-order chi connectivity index (χ0) is 8.53. The van der Waals surface area contributed by atoms with E-state index in [0.29, 0.717) is 0 Å². The maximum absolute atomic E-state index is 2.35. The van der Waals surface area contributed by atoms with Crippen LogP contribution in [-0.4, -0.2) is 14.3 Å². The fourth-order valence-corrected chi connectivity index (χ4v) is 9.05. The van der Waals surface area contributed by atoms with E-state index in [0.717, 1.165) is 0 Å². The zero-order valence-corrected chi connectivity index (χ0v) is 10.9. The van der Waals surface area contributed by atoms with E-state index in [1.165, 1.54) is 25.7 Å². The molecule has 0 saturated carbocycles. The molecule has 0 aliphatic heterocycles. The van der Waals surface area contributed by atoms with Crippen LogP contribution in [0.5, 0.6) is 0 Å². The Labute approximate surface area is 76.9 Å². The van der Waals surface area contributed by atoms with Gasteiger partial charge in [0.1, 0.15) is 0 Å². The van der Waals surface area contributed by atoms with E-state index < -0.39 is 14.3 Å². The molecule has 0 aromatic heterocycles. The van der Waals surface area contributed by atoms with Crippen LogP contribution in [0.2, 0.25) is 15.8 Å². The molecule has 0 heterocycles. The van der Waals surface area contributed by atoms with Crippen LogP contribution < -0.4 is 0 Å². The second kappa shape index (κ2) is 8.64. The van der Waals surface area contributed by atoms with Crippen molar-refractivity contribution < 1.29 is 0 Å². The monoisotopic (exact) mass is 218 g/mol. The van der Waals surface area contributed by atoms with Gasteiger partial charge in [-0.1, -0.05) is 0 Å². The summed E-state index contributed by atoms with van der Waals surface area (Å²) in [6.45, 7) is 7.01. The molecule has 0 rings (SSSR count). The van der Waals surface area contributed by atoms with Gasteiger partial charge in [0, 0.05) is 0 Å². The predicted molar refractivity (Wildman–Crippen MR) is 57.1 cm³/mol. The van der Waals surface area contributed by atoms with Crippen LogP contribution in [0.25, 0.3) is 0 Å². The first-order chi connectivity index (χ1) is 5.35. The van der Waals surface area contributed by atoms with Gasteiger partial charge in [-0.2, -0.15) is 0 Å². The second-order valence-corrected chi connectivity index (χ2v) is 10.9.